The fourth-order valence-electron chi connectivity index (χ4n) is 3.63. The van der Waals surface area contributed by atoms with E-state index in [1.807, 2.05) is 141 Å². The zero-order chi connectivity index (χ0) is 38.7. The summed E-state index contributed by atoms with van der Waals surface area (Å²) in [7, 11) is 2.07. The van der Waals surface area contributed by atoms with Crippen LogP contribution in [0.3, 0.4) is 0 Å². The lowest BCUT2D eigenvalue weighted by atomic mass is 10.2. The third-order valence-corrected chi connectivity index (χ3v) is 5.33. The molecule has 2 nitrogen and oxygen atoms in total. The Labute approximate surface area is 306 Å². The molecule has 5 aromatic carbocycles. The van der Waals surface area contributed by atoms with Gasteiger partial charge in [-0.15, -0.1) is 0 Å². The van der Waals surface area contributed by atoms with Gasteiger partial charge in [-0.2, -0.15) is 0 Å². The maximum Gasteiger partial charge on any atom is 0.0461 e. The number of anilines is 5. The number of hydrogen-bond donors (Lipinski definition) is 0. The van der Waals surface area contributed by atoms with Crippen molar-refractivity contribution in [2.75, 3.05) is 16.8 Å². The molecule has 0 heterocycles. The van der Waals surface area contributed by atoms with Gasteiger partial charge in [0.15, 0.2) is 0 Å². The van der Waals surface area contributed by atoms with E-state index in [1.54, 1.807) is 0 Å². The highest BCUT2D eigenvalue weighted by atomic mass is 15.1. The van der Waals surface area contributed by atoms with Crippen LogP contribution in [0.2, 0.25) is 0 Å². The summed E-state index contributed by atoms with van der Waals surface area (Å²) < 4.78 is 0. The Bertz CT molecular complexity index is 1060. The van der Waals surface area contributed by atoms with E-state index in [-0.39, 0.29) is 0 Å². The molecule has 0 aliphatic heterocycles. The van der Waals surface area contributed by atoms with E-state index >= 15 is 0 Å². The van der Waals surface area contributed by atoms with Crippen LogP contribution in [0.1, 0.15) is 111 Å². The minimum atomic E-state index is 1.17. The molecule has 0 atom stereocenters. The molecule has 5 rings (SSSR count). The van der Waals surface area contributed by atoms with Crippen molar-refractivity contribution < 1.29 is 0 Å². The number of para-hydroxylation sites is 5. The van der Waals surface area contributed by atoms with Gasteiger partial charge in [-0.25, -0.2) is 0 Å². The summed E-state index contributed by atoms with van der Waals surface area (Å²) in [5, 5.41) is 0. The van der Waals surface area contributed by atoms with Crippen molar-refractivity contribution >= 4 is 28.4 Å². The van der Waals surface area contributed by atoms with E-state index in [2.05, 4.69) is 138 Å². The van der Waals surface area contributed by atoms with Crippen LogP contribution in [0.5, 0.6) is 0 Å². The Kier molecular flexibility index (Phi) is 50.6. The van der Waals surface area contributed by atoms with E-state index in [9.17, 15) is 0 Å². The molecule has 0 saturated carbocycles. The monoisotopic (exact) mass is 669 g/mol. The highest BCUT2D eigenvalue weighted by molar-refractivity contribution is 5.76. The maximum atomic E-state index is 2.25. The summed E-state index contributed by atoms with van der Waals surface area (Å²) in [6.07, 6.45) is 0. The summed E-state index contributed by atoms with van der Waals surface area (Å²) >= 11 is 0. The molecule has 0 amide bonds. The van der Waals surface area contributed by atoms with Gasteiger partial charge in [-0.3, -0.25) is 0 Å². The third kappa shape index (κ3) is 24.5. The van der Waals surface area contributed by atoms with Gasteiger partial charge in [0.2, 0.25) is 0 Å². The number of hydrogen-bond acceptors (Lipinski definition) is 2. The smallest absolute Gasteiger partial charge is 0.0461 e. The van der Waals surface area contributed by atoms with Crippen molar-refractivity contribution in [3.05, 3.63) is 152 Å². The molecular weight excluding hydrogens is 593 g/mol. The molecule has 2 heteroatoms. The lowest BCUT2D eigenvalue weighted by molar-refractivity contribution is 1.21. The minimum absolute atomic E-state index is 1.17. The van der Waals surface area contributed by atoms with Gasteiger partial charge in [-0.05, 0) is 60.7 Å². The number of nitrogens with zero attached hydrogens (tertiary/aromatic N) is 2. The molecule has 5 aromatic rings. The van der Waals surface area contributed by atoms with Crippen LogP contribution in [-0.2, 0) is 0 Å². The summed E-state index contributed by atoms with van der Waals surface area (Å²) in [6.45, 7) is 32.0. The SMILES string of the molecule is CC.CC.CC.CC.CC.CC.CC.CC.CN(c1ccccc1)c1ccccc1.c1ccc(N(c2ccccc2)c2ccccc2)cc1. The van der Waals surface area contributed by atoms with E-state index in [1.165, 1.54) is 28.4 Å². The zero-order valence-electron chi connectivity index (χ0n) is 34.8. The average molecular weight is 669 g/mol. The second-order valence-electron chi connectivity index (χ2n) is 7.57. The Morgan fingerprint density at radius 3 is 0.531 bits per heavy atom. The summed E-state index contributed by atoms with van der Waals surface area (Å²) in [4.78, 5) is 4.42. The molecule has 0 unspecified atom stereocenters. The van der Waals surface area contributed by atoms with Gasteiger partial charge >= 0.3 is 0 Å². The lowest BCUT2D eigenvalue weighted by Gasteiger charge is -2.25. The molecule has 0 aliphatic rings. The fourth-order valence-corrected chi connectivity index (χ4v) is 3.63. The molecule has 0 bridgehead atoms. The topological polar surface area (TPSA) is 6.48 Å². The van der Waals surface area contributed by atoms with Gasteiger partial charge in [0.05, 0.1) is 0 Å². The normalized spacial score (nSPS) is 7.69. The van der Waals surface area contributed by atoms with Gasteiger partial charge < -0.3 is 9.80 Å². The molecular formula is C47H76N2. The second kappa shape index (κ2) is 45.8. The van der Waals surface area contributed by atoms with Crippen LogP contribution in [0.25, 0.3) is 0 Å². The molecule has 0 saturated heterocycles. The van der Waals surface area contributed by atoms with Crippen molar-refractivity contribution in [3.8, 4) is 0 Å². The van der Waals surface area contributed by atoms with Crippen molar-refractivity contribution in [1.29, 1.82) is 0 Å². The first-order valence-electron chi connectivity index (χ1n) is 19.1. The molecule has 0 fully saturated rings. The largest absolute Gasteiger partial charge is 0.345 e. The van der Waals surface area contributed by atoms with Crippen molar-refractivity contribution in [1.82, 2.24) is 0 Å². The van der Waals surface area contributed by atoms with E-state index in [0.717, 1.165) is 0 Å². The van der Waals surface area contributed by atoms with Crippen LogP contribution >= 0.6 is 0 Å². The quantitative estimate of drug-likeness (QED) is 0.184. The first-order valence-corrected chi connectivity index (χ1v) is 19.1. The van der Waals surface area contributed by atoms with Crippen LogP contribution in [0, 0.1) is 0 Å². The summed E-state index contributed by atoms with van der Waals surface area (Å²) in [6, 6.07) is 51.9. The molecule has 0 radical (unpaired) electrons. The highest BCUT2D eigenvalue weighted by Crippen LogP contribution is 2.33. The van der Waals surface area contributed by atoms with Crippen LogP contribution < -0.4 is 9.80 Å². The van der Waals surface area contributed by atoms with Crippen LogP contribution in [-0.4, -0.2) is 7.05 Å². The maximum absolute atomic E-state index is 2.25. The van der Waals surface area contributed by atoms with Gasteiger partial charge in [0.1, 0.15) is 0 Å². The van der Waals surface area contributed by atoms with Crippen LogP contribution in [0.4, 0.5) is 28.4 Å². The minimum Gasteiger partial charge on any atom is -0.345 e. The first kappa shape index (κ1) is 54.2. The summed E-state index contributed by atoms with van der Waals surface area (Å²) in [5.41, 5.74) is 5.91. The van der Waals surface area contributed by atoms with Crippen molar-refractivity contribution in [2.45, 2.75) is 111 Å². The summed E-state index contributed by atoms with van der Waals surface area (Å²) in [5.74, 6) is 0. The van der Waals surface area contributed by atoms with Crippen molar-refractivity contribution in [2.24, 2.45) is 0 Å². The van der Waals surface area contributed by atoms with Gasteiger partial charge in [0, 0.05) is 35.5 Å². The third-order valence-electron chi connectivity index (χ3n) is 5.33. The van der Waals surface area contributed by atoms with Gasteiger partial charge in [0.25, 0.3) is 0 Å². The Balaban J connectivity index is -0.000000190. The van der Waals surface area contributed by atoms with E-state index < -0.39 is 0 Å². The molecule has 0 aliphatic carbocycles. The highest BCUT2D eigenvalue weighted by Gasteiger charge is 2.10. The zero-order valence-corrected chi connectivity index (χ0v) is 34.8. The number of rotatable bonds is 5. The standard InChI is InChI=1S/C18H15N.C13H13N.8C2H6/c1-4-10-16(11-5-1)19(17-12-6-2-7-13-17)18-14-8-3-9-15-18;1-14(12-8-4-2-5-9-12)13-10-6-3-7-11-13;8*1-2/h1-15H;2-11H,1H3;8*1-2H3. The predicted octanol–water partition coefficient (Wildman–Crippen LogP) is 16.8. The van der Waals surface area contributed by atoms with Gasteiger partial charge in [-0.1, -0.05) is 202 Å². The first-order chi connectivity index (χ1) is 24.3. The second-order valence-corrected chi connectivity index (χ2v) is 7.57. The van der Waals surface area contributed by atoms with E-state index in [0.29, 0.717) is 0 Å². The molecule has 0 spiro atoms. The molecule has 0 N–H and O–H groups in total. The molecule has 49 heavy (non-hydrogen) atoms. The lowest BCUT2D eigenvalue weighted by Crippen LogP contribution is -2.09. The Morgan fingerprint density at radius 2 is 0.367 bits per heavy atom. The average Bonchev–Trinajstić information content (AvgIpc) is 3.26. The molecule has 274 valence electrons. The van der Waals surface area contributed by atoms with E-state index in [4.69, 9.17) is 0 Å². The molecule has 0 aromatic heterocycles. The Hall–Kier alpha value is -4.30. The fraction of sp³-hybridized carbons (Fsp3) is 0.362. The Morgan fingerprint density at radius 1 is 0.224 bits per heavy atom. The predicted molar refractivity (Wildman–Crippen MR) is 233 cm³/mol. The number of benzene rings is 5. The van der Waals surface area contributed by atoms with Crippen LogP contribution in [0.15, 0.2) is 152 Å². The van der Waals surface area contributed by atoms with Crippen molar-refractivity contribution in [3.63, 3.8) is 0 Å².